The summed E-state index contributed by atoms with van der Waals surface area (Å²) in [5.41, 5.74) is 3.89. The third-order valence-corrected chi connectivity index (χ3v) is 9.19. The van der Waals surface area contributed by atoms with E-state index < -0.39 is 58.0 Å². The van der Waals surface area contributed by atoms with Gasteiger partial charge in [0.15, 0.2) is 11.4 Å². The molecule has 1 aromatic carbocycles. The maximum absolute atomic E-state index is 14.1. The fraction of sp³-hybridized carbons (Fsp3) is 0.552. The van der Waals surface area contributed by atoms with Crippen LogP contribution in [0.5, 0.6) is 5.75 Å². The number of amides is 1. The first-order valence-electron chi connectivity index (χ1n) is 13.7. The number of aliphatic hydroxyl groups excluding tert-OH is 2. The number of hydrogen-bond donors (Lipinski definition) is 6. The van der Waals surface area contributed by atoms with E-state index in [1.807, 2.05) is 25.1 Å². The number of nitrogens with one attached hydrogen (secondary N) is 1. The zero-order valence-electron chi connectivity index (χ0n) is 23.3. The second-order valence-corrected chi connectivity index (χ2v) is 12.0. The summed E-state index contributed by atoms with van der Waals surface area (Å²) in [5.74, 6) is -6.45. The first-order chi connectivity index (χ1) is 18.8. The highest BCUT2D eigenvalue weighted by molar-refractivity contribution is 6.24. The summed E-state index contributed by atoms with van der Waals surface area (Å²) in [4.78, 5) is 42.8. The van der Waals surface area contributed by atoms with Gasteiger partial charge in [0.25, 0.3) is 5.91 Å². The topological polar surface area (TPSA) is 177 Å². The molecule has 1 unspecified atom stereocenters. The number of phenols is 1. The molecule has 2 fully saturated rings. The maximum atomic E-state index is 14.1. The molecule has 11 nitrogen and oxygen atoms in total. The van der Waals surface area contributed by atoms with E-state index in [0.29, 0.717) is 23.7 Å². The Balaban J connectivity index is 1.67. The monoisotopic (exact) mass is 554 g/mol. The van der Waals surface area contributed by atoms with Crippen LogP contribution in [-0.4, -0.2) is 88.7 Å². The van der Waals surface area contributed by atoms with Crippen LogP contribution in [0.2, 0.25) is 0 Å². The highest BCUT2D eigenvalue weighted by Crippen LogP contribution is 2.54. The largest absolute Gasteiger partial charge is 0.508 e. The number of carbonyl (C=O) groups is 3. The van der Waals surface area contributed by atoms with Crippen molar-refractivity contribution in [3.63, 3.8) is 0 Å². The van der Waals surface area contributed by atoms with Gasteiger partial charge in [-0.25, -0.2) is 0 Å². The van der Waals surface area contributed by atoms with Crippen LogP contribution in [0.1, 0.15) is 48.8 Å². The molecule has 1 amide bonds. The Hall–Kier alpha value is -3.41. The van der Waals surface area contributed by atoms with Crippen molar-refractivity contribution in [3.05, 3.63) is 39.7 Å². The number of benzene rings is 1. The molecule has 7 N–H and O–H groups in total. The Labute approximate surface area is 232 Å². The Bertz CT molecular complexity index is 1360. The molecule has 4 aliphatic carbocycles. The molecule has 1 aromatic rings. The van der Waals surface area contributed by atoms with Gasteiger partial charge in [-0.15, -0.1) is 0 Å². The van der Waals surface area contributed by atoms with Gasteiger partial charge in [0, 0.05) is 49.4 Å². The van der Waals surface area contributed by atoms with Crippen molar-refractivity contribution in [2.24, 2.45) is 17.6 Å². The second-order valence-electron chi connectivity index (χ2n) is 12.0. The lowest BCUT2D eigenvalue weighted by Gasteiger charge is -2.50. The molecule has 0 aromatic heterocycles. The summed E-state index contributed by atoms with van der Waals surface area (Å²) in [6.07, 6.45) is 4.72. The molecule has 11 heteroatoms. The van der Waals surface area contributed by atoms with E-state index in [4.69, 9.17) is 5.73 Å². The number of hydrogen-bond acceptors (Lipinski definition) is 10. The van der Waals surface area contributed by atoms with Crippen molar-refractivity contribution < 1.29 is 34.8 Å². The Morgan fingerprint density at radius 3 is 2.35 bits per heavy atom. The molecule has 0 saturated heterocycles. The predicted octanol–water partition coefficient (Wildman–Crippen LogP) is 1.06. The summed E-state index contributed by atoms with van der Waals surface area (Å²) in [5, 5.41) is 49.2. The number of likely N-dealkylation sites (N-methyl/N-ethyl adjacent to an activating group) is 1. The SMILES string of the molecule is CN(C)c1cc(CNC2CCCC2)c(O)c2c1C[C@@H]1C[C@@H]3C(N(C)C)C(=O)C(C(N)=O)=C(O)[C@@]3(O)C(=O)C1=C2O. The van der Waals surface area contributed by atoms with Crippen molar-refractivity contribution in [2.75, 3.05) is 33.1 Å². The lowest BCUT2D eigenvalue weighted by Crippen LogP contribution is -2.65. The summed E-state index contributed by atoms with van der Waals surface area (Å²) in [7, 11) is 6.88. The van der Waals surface area contributed by atoms with Gasteiger partial charge in [0.05, 0.1) is 11.6 Å². The second kappa shape index (κ2) is 9.90. The quantitative estimate of drug-likeness (QED) is 0.279. The zero-order chi connectivity index (χ0) is 29.3. The number of nitrogens with zero attached hydrogens (tertiary/aromatic N) is 2. The Kier molecular flexibility index (Phi) is 6.96. The van der Waals surface area contributed by atoms with Gasteiger partial charge >= 0.3 is 0 Å². The van der Waals surface area contributed by atoms with Gasteiger partial charge in [-0.05, 0) is 57.3 Å². The first kappa shape index (κ1) is 28.1. The van der Waals surface area contributed by atoms with E-state index in [9.17, 15) is 34.8 Å². The summed E-state index contributed by atoms with van der Waals surface area (Å²) < 4.78 is 0. The highest BCUT2D eigenvalue weighted by atomic mass is 16.3. The van der Waals surface area contributed by atoms with Gasteiger partial charge in [-0.1, -0.05) is 12.8 Å². The van der Waals surface area contributed by atoms with Gasteiger partial charge in [0.2, 0.25) is 5.78 Å². The van der Waals surface area contributed by atoms with E-state index in [-0.39, 0.29) is 29.7 Å². The Morgan fingerprint density at radius 2 is 1.77 bits per heavy atom. The number of carbonyl (C=O) groups excluding carboxylic acids is 3. The number of primary amides is 1. The van der Waals surface area contributed by atoms with Crippen LogP contribution in [0.25, 0.3) is 5.76 Å². The Morgan fingerprint density at radius 1 is 1.12 bits per heavy atom. The van der Waals surface area contributed by atoms with Crippen molar-refractivity contribution in [1.82, 2.24) is 10.2 Å². The molecule has 0 bridgehead atoms. The number of phenolic OH excluding ortho intramolecular Hbond substituents is 1. The van der Waals surface area contributed by atoms with Crippen LogP contribution < -0.4 is 16.0 Å². The molecule has 0 radical (unpaired) electrons. The van der Waals surface area contributed by atoms with E-state index in [2.05, 4.69) is 5.32 Å². The van der Waals surface area contributed by atoms with E-state index in [0.717, 1.165) is 31.4 Å². The van der Waals surface area contributed by atoms with Gasteiger partial charge < -0.3 is 36.4 Å². The summed E-state index contributed by atoms with van der Waals surface area (Å²) in [6, 6.07) is 1.12. The highest BCUT2D eigenvalue weighted by Gasteiger charge is 2.64. The van der Waals surface area contributed by atoms with E-state index in [1.165, 1.54) is 4.90 Å². The molecule has 4 aliphatic rings. The van der Waals surface area contributed by atoms with Crippen LogP contribution >= 0.6 is 0 Å². The molecule has 0 aliphatic heterocycles. The lowest BCUT2D eigenvalue weighted by atomic mass is 9.57. The minimum atomic E-state index is -2.65. The van der Waals surface area contributed by atoms with Crippen LogP contribution in [0.4, 0.5) is 5.69 Å². The van der Waals surface area contributed by atoms with Crippen molar-refractivity contribution in [1.29, 1.82) is 0 Å². The van der Waals surface area contributed by atoms with Gasteiger partial charge in [-0.2, -0.15) is 0 Å². The van der Waals surface area contributed by atoms with Crippen LogP contribution in [0.3, 0.4) is 0 Å². The molecule has 0 spiro atoms. The maximum Gasteiger partial charge on any atom is 0.255 e. The van der Waals surface area contributed by atoms with Gasteiger partial charge in [-0.3, -0.25) is 19.3 Å². The average Bonchev–Trinajstić information content (AvgIpc) is 3.39. The molecular formula is C29H38N4O7. The molecule has 216 valence electrons. The predicted molar refractivity (Wildman–Crippen MR) is 148 cm³/mol. The van der Waals surface area contributed by atoms with Gasteiger partial charge in [0.1, 0.15) is 22.8 Å². The third-order valence-electron chi connectivity index (χ3n) is 9.19. The fourth-order valence-corrected chi connectivity index (χ4v) is 7.26. The van der Waals surface area contributed by atoms with E-state index in [1.54, 1.807) is 14.1 Å². The molecule has 4 atom stereocenters. The number of anilines is 1. The number of fused-ring (bicyclic) bond motifs is 3. The number of ketones is 2. The summed E-state index contributed by atoms with van der Waals surface area (Å²) >= 11 is 0. The third kappa shape index (κ3) is 4.02. The number of rotatable bonds is 6. The van der Waals surface area contributed by atoms with Crippen molar-refractivity contribution >= 4 is 28.9 Å². The number of aliphatic hydroxyl groups is 3. The smallest absolute Gasteiger partial charge is 0.255 e. The molecule has 0 heterocycles. The van der Waals surface area contributed by atoms with Crippen LogP contribution in [0, 0.1) is 11.8 Å². The number of Topliss-reactive ketones (excluding diaryl/α,β-unsaturated/α-hetero) is 2. The normalized spacial score (nSPS) is 28.6. The zero-order valence-corrected chi connectivity index (χ0v) is 23.3. The molecule has 5 rings (SSSR count). The average molecular weight is 555 g/mol. The molecular weight excluding hydrogens is 516 g/mol. The molecule has 2 saturated carbocycles. The van der Waals surface area contributed by atoms with E-state index >= 15 is 0 Å². The van der Waals surface area contributed by atoms with Crippen LogP contribution in [-0.2, 0) is 27.3 Å². The standard InChI is InChI=1S/C29H38N4O7/c1-32(2)18-11-14(12-31-15-7-5-6-8-15)23(34)20-16(18)9-13-10-17-22(33(3)4)25(36)21(28(30)39)27(38)29(17,40)26(37)19(13)24(20)35/h11,13,15,17,22,31,34-35,38,40H,5-10,12H2,1-4H3,(H2,30,39)/t13-,17-,22?,29+/m1/s1. The summed E-state index contributed by atoms with van der Waals surface area (Å²) in [6.45, 7) is 0.370. The minimum Gasteiger partial charge on any atom is -0.508 e. The molecule has 40 heavy (non-hydrogen) atoms. The number of aromatic hydroxyl groups is 1. The van der Waals surface area contributed by atoms with Crippen molar-refractivity contribution in [2.45, 2.75) is 62.8 Å². The minimum absolute atomic E-state index is 0.0599. The lowest BCUT2D eigenvalue weighted by molar-refractivity contribution is -0.153. The van der Waals surface area contributed by atoms with Crippen LogP contribution in [0.15, 0.2) is 23.0 Å². The van der Waals surface area contributed by atoms with Crippen molar-refractivity contribution in [3.8, 4) is 5.75 Å². The first-order valence-corrected chi connectivity index (χ1v) is 13.7. The fourth-order valence-electron chi connectivity index (χ4n) is 7.26. The number of nitrogens with two attached hydrogens (primary N) is 1.